The lowest BCUT2D eigenvalue weighted by molar-refractivity contribution is 0.0913. The second-order valence-electron chi connectivity index (χ2n) is 4.30. The Morgan fingerprint density at radius 3 is 2.55 bits per heavy atom. The van der Waals surface area contributed by atoms with Crippen molar-refractivity contribution in [2.75, 3.05) is 6.54 Å². The number of hydrogen-bond acceptors (Lipinski definition) is 3. The molecule has 104 valence electrons. The molecule has 0 spiro atoms. The van der Waals surface area contributed by atoms with Crippen LogP contribution in [0.2, 0.25) is 5.02 Å². The maximum atomic E-state index is 11.9. The number of aliphatic hydroxyl groups is 1. The van der Waals surface area contributed by atoms with E-state index >= 15 is 0 Å². The highest BCUT2D eigenvalue weighted by atomic mass is 35.5. The van der Waals surface area contributed by atoms with Crippen LogP contribution in [0.1, 0.15) is 22.0 Å². The average molecular weight is 292 g/mol. The van der Waals surface area contributed by atoms with Crippen molar-refractivity contribution in [2.45, 2.75) is 6.10 Å². The Hall–Kier alpha value is -2.04. The first-order valence-electron chi connectivity index (χ1n) is 6.07. The van der Waals surface area contributed by atoms with Gasteiger partial charge in [-0.3, -0.25) is 4.79 Å². The van der Waals surface area contributed by atoms with E-state index in [-0.39, 0.29) is 17.9 Å². The Morgan fingerprint density at radius 1 is 1.20 bits per heavy atom. The summed E-state index contributed by atoms with van der Waals surface area (Å²) in [6.07, 6.45) is -0.797. The van der Waals surface area contributed by atoms with Gasteiger partial charge in [0, 0.05) is 11.6 Å². The van der Waals surface area contributed by atoms with Crippen molar-refractivity contribution in [2.24, 2.45) is 0 Å². The molecule has 5 heteroatoms. The first-order valence-corrected chi connectivity index (χ1v) is 6.45. The molecule has 0 saturated heterocycles. The summed E-state index contributed by atoms with van der Waals surface area (Å²) in [5, 5.41) is 22.5. The Bertz CT molecular complexity index is 601. The molecule has 0 aromatic heterocycles. The molecule has 2 aromatic carbocycles. The van der Waals surface area contributed by atoms with Crippen LogP contribution >= 0.6 is 11.6 Å². The van der Waals surface area contributed by atoms with Crippen molar-refractivity contribution in [1.29, 1.82) is 0 Å². The topological polar surface area (TPSA) is 69.6 Å². The molecular weight excluding hydrogens is 278 g/mol. The zero-order chi connectivity index (χ0) is 14.5. The van der Waals surface area contributed by atoms with Crippen molar-refractivity contribution in [3.63, 3.8) is 0 Å². The minimum Gasteiger partial charge on any atom is -0.507 e. The average Bonchev–Trinajstić information content (AvgIpc) is 2.45. The lowest BCUT2D eigenvalue weighted by Crippen LogP contribution is -2.28. The molecule has 0 aliphatic rings. The van der Waals surface area contributed by atoms with E-state index in [0.717, 1.165) is 0 Å². The summed E-state index contributed by atoms with van der Waals surface area (Å²) >= 11 is 5.70. The van der Waals surface area contributed by atoms with Gasteiger partial charge in [0.15, 0.2) is 0 Å². The number of carbonyl (C=O) groups excluding carboxylic acids is 1. The van der Waals surface area contributed by atoms with Gasteiger partial charge in [-0.25, -0.2) is 0 Å². The third-order valence-corrected chi connectivity index (χ3v) is 3.08. The van der Waals surface area contributed by atoms with E-state index in [1.165, 1.54) is 18.2 Å². The van der Waals surface area contributed by atoms with E-state index in [9.17, 15) is 15.0 Å². The molecule has 4 nitrogen and oxygen atoms in total. The highest BCUT2D eigenvalue weighted by Crippen LogP contribution is 2.21. The van der Waals surface area contributed by atoms with E-state index in [1.54, 1.807) is 12.1 Å². The third kappa shape index (κ3) is 3.50. The summed E-state index contributed by atoms with van der Waals surface area (Å²) in [4.78, 5) is 11.9. The minimum atomic E-state index is -0.797. The number of phenols is 1. The van der Waals surface area contributed by atoms with Gasteiger partial charge in [0.1, 0.15) is 5.75 Å². The number of aliphatic hydroxyl groups excluding tert-OH is 1. The van der Waals surface area contributed by atoms with E-state index in [2.05, 4.69) is 5.32 Å². The molecular formula is C15H14ClNO3. The second kappa shape index (κ2) is 6.41. The van der Waals surface area contributed by atoms with Crippen molar-refractivity contribution in [3.05, 3.63) is 64.7 Å². The predicted octanol–water partition coefficient (Wildman–Crippen LogP) is 2.51. The molecule has 2 aromatic rings. The van der Waals surface area contributed by atoms with E-state index in [0.29, 0.717) is 10.6 Å². The van der Waals surface area contributed by atoms with Crippen LogP contribution in [0.25, 0.3) is 0 Å². The zero-order valence-corrected chi connectivity index (χ0v) is 11.3. The van der Waals surface area contributed by atoms with Crippen LogP contribution in [0.4, 0.5) is 0 Å². The largest absolute Gasteiger partial charge is 0.507 e. The van der Waals surface area contributed by atoms with Crippen molar-refractivity contribution in [3.8, 4) is 5.75 Å². The minimum absolute atomic E-state index is 0.0604. The fourth-order valence-corrected chi connectivity index (χ4v) is 1.94. The highest BCUT2D eigenvalue weighted by molar-refractivity contribution is 6.30. The van der Waals surface area contributed by atoms with Crippen LogP contribution < -0.4 is 5.32 Å². The molecule has 1 atom stereocenters. The van der Waals surface area contributed by atoms with Crippen molar-refractivity contribution >= 4 is 17.5 Å². The SMILES string of the molecule is O=C(NCC(O)c1ccccc1)c1ccc(Cl)cc1O. The van der Waals surface area contributed by atoms with E-state index in [4.69, 9.17) is 11.6 Å². The predicted molar refractivity (Wildman–Crippen MR) is 76.9 cm³/mol. The van der Waals surface area contributed by atoms with Crippen LogP contribution in [0, 0.1) is 0 Å². The zero-order valence-electron chi connectivity index (χ0n) is 10.6. The Kier molecular flexibility index (Phi) is 4.61. The lowest BCUT2D eigenvalue weighted by Gasteiger charge is -2.12. The second-order valence-corrected chi connectivity index (χ2v) is 4.73. The highest BCUT2D eigenvalue weighted by Gasteiger charge is 2.13. The molecule has 1 unspecified atom stereocenters. The van der Waals surface area contributed by atoms with Gasteiger partial charge >= 0.3 is 0 Å². The van der Waals surface area contributed by atoms with Gasteiger partial charge in [0.05, 0.1) is 11.7 Å². The molecule has 0 heterocycles. The van der Waals surface area contributed by atoms with Gasteiger partial charge in [-0.1, -0.05) is 41.9 Å². The Labute approximate surface area is 121 Å². The number of benzene rings is 2. The Morgan fingerprint density at radius 2 is 1.90 bits per heavy atom. The molecule has 1 amide bonds. The lowest BCUT2D eigenvalue weighted by atomic mass is 10.1. The summed E-state index contributed by atoms with van der Waals surface area (Å²) < 4.78 is 0. The molecule has 0 saturated carbocycles. The maximum absolute atomic E-state index is 11.9. The number of phenolic OH excluding ortho intramolecular Hbond substituents is 1. The number of nitrogens with one attached hydrogen (secondary N) is 1. The number of carbonyl (C=O) groups is 1. The smallest absolute Gasteiger partial charge is 0.255 e. The molecule has 0 radical (unpaired) electrons. The van der Waals surface area contributed by atoms with Gasteiger partial charge < -0.3 is 15.5 Å². The number of hydrogen-bond donors (Lipinski definition) is 3. The van der Waals surface area contributed by atoms with Gasteiger partial charge in [-0.15, -0.1) is 0 Å². The number of aromatic hydroxyl groups is 1. The monoisotopic (exact) mass is 291 g/mol. The molecule has 0 bridgehead atoms. The fourth-order valence-electron chi connectivity index (χ4n) is 1.77. The van der Waals surface area contributed by atoms with Crippen LogP contribution in [-0.4, -0.2) is 22.7 Å². The van der Waals surface area contributed by atoms with E-state index in [1.807, 2.05) is 18.2 Å². The van der Waals surface area contributed by atoms with Crippen molar-refractivity contribution in [1.82, 2.24) is 5.32 Å². The number of amides is 1. The first-order chi connectivity index (χ1) is 9.58. The van der Waals surface area contributed by atoms with Gasteiger partial charge in [0.2, 0.25) is 0 Å². The van der Waals surface area contributed by atoms with Crippen LogP contribution in [0.15, 0.2) is 48.5 Å². The molecule has 0 fully saturated rings. The van der Waals surface area contributed by atoms with Crippen molar-refractivity contribution < 1.29 is 15.0 Å². The van der Waals surface area contributed by atoms with Gasteiger partial charge in [0.25, 0.3) is 5.91 Å². The molecule has 20 heavy (non-hydrogen) atoms. The molecule has 2 rings (SSSR count). The summed E-state index contributed by atoms with van der Waals surface area (Å²) in [5.41, 5.74) is 0.836. The summed E-state index contributed by atoms with van der Waals surface area (Å²) in [6, 6.07) is 13.3. The number of halogens is 1. The summed E-state index contributed by atoms with van der Waals surface area (Å²) in [6.45, 7) is 0.0604. The van der Waals surface area contributed by atoms with Crippen LogP contribution in [0.5, 0.6) is 5.75 Å². The summed E-state index contributed by atoms with van der Waals surface area (Å²) in [5.74, 6) is -0.654. The molecule has 0 aliphatic heterocycles. The fraction of sp³-hybridized carbons (Fsp3) is 0.133. The Balaban J connectivity index is 1.99. The quantitative estimate of drug-likeness (QED) is 0.811. The maximum Gasteiger partial charge on any atom is 0.255 e. The first kappa shape index (κ1) is 14.4. The standard InChI is InChI=1S/C15H14ClNO3/c16-11-6-7-12(13(18)8-11)15(20)17-9-14(19)10-4-2-1-3-5-10/h1-8,14,18-19H,9H2,(H,17,20). The van der Waals surface area contributed by atoms with Gasteiger partial charge in [-0.05, 0) is 23.8 Å². The van der Waals surface area contributed by atoms with Crippen LogP contribution in [-0.2, 0) is 0 Å². The van der Waals surface area contributed by atoms with E-state index < -0.39 is 12.0 Å². The molecule has 0 aliphatic carbocycles. The molecule has 3 N–H and O–H groups in total. The van der Waals surface area contributed by atoms with Crippen LogP contribution in [0.3, 0.4) is 0 Å². The summed E-state index contributed by atoms with van der Waals surface area (Å²) in [7, 11) is 0. The van der Waals surface area contributed by atoms with Gasteiger partial charge in [-0.2, -0.15) is 0 Å². The third-order valence-electron chi connectivity index (χ3n) is 2.84. The normalized spacial score (nSPS) is 11.9. The number of rotatable bonds is 4.